The van der Waals surface area contributed by atoms with Crippen LogP contribution in [0.25, 0.3) is 0 Å². The molecule has 0 bridgehead atoms. The molecular formula is C16H25N5. The van der Waals surface area contributed by atoms with Crippen molar-refractivity contribution in [2.75, 3.05) is 5.32 Å². The number of aromatic nitrogens is 2. The fourth-order valence-electron chi connectivity index (χ4n) is 3.46. The molecule has 1 aromatic rings. The van der Waals surface area contributed by atoms with Gasteiger partial charge in [-0.3, -0.25) is 0 Å². The zero-order valence-corrected chi connectivity index (χ0v) is 13.8. The van der Waals surface area contributed by atoms with E-state index in [2.05, 4.69) is 54.6 Å². The van der Waals surface area contributed by atoms with Crippen LogP contribution in [-0.2, 0) is 0 Å². The first kappa shape index (κ1) is 15.7. The largest absolute Gasteiger partial charge is 0.365 e. The number of rotatable bonds is 2. The molecule has 5 heteroatoms. The van der Waals surface area contributed by atoms with Crippen LogP contribution >= 0.6 is 0 Å². The third kappa shape index (κ3) is 3.51. The Balaban J connectivity index is 2.27. The number of hydrogen-bond acceptors (Lipinski definition) is 5. The van der Waals surface area contributed by atoms with E-state index in [9.17, 15) is 5.26 Å². The summed E-state index contributed by atoms with van der Waals surface area (Å²) in [5, 5.41) is 24.8. The topological polar surface area (TPSA) is 73.6 Å². The average molecular weight is 287 g/mol. The molecule has 114 valence electrons. The summed E-state index contributed by atoms with van der Waals surface area (Å²) in [5.74, 6) is 0.610. The molecule has 0 amide bonds. The molecule has 21 heavy (non-hydrogen) atoms. The van der Waals surface area contributed by atoms with E-state index in [1.54, 1.807) is 0 Å². The average Bonchev–Trinajstić information content (AvgIpc) is 2.30. The second-order valence-electron chi connectivity index (χ2n) is 7.39. The number of nitriles is 1. The van der Waals surface area contributed by atoms with E-state index in [1.807, 2.05) is 13.8 Å². The van der Waals surface area contributed by atoms with Crippen molar-refractivity contribution < 1.29 is 0 Å². The summed E-state index contributed by atoms with van der Waals surface area (Å²) in [7, 11) is 0. The summed E-state index contributed by atoms with van der Waals surface area (Å²) in [6.07, 6.45) is 1.96. The molecule has 0 radical (unpaired) electrons. The molecule has 0 saturated carbocycles. The van der Waals surface area contributed by atoms with Crippen molar-refractivity contribution >= 4 is 5.82 Å². The first-order valence-electron chi connectivity index (χ1n) is 7.43. The SMILES string of the molecule is Cc1nnc(NC2CC(C)(C)NC(C)(C)C2)c(C#N)c1C. The van der Waals surface area contributed by atoms with Gasteiger partial charge in [0.2, 0.25) is 0 Å². The standard InChI is InChI=1S/C16H25N5/c1-10-11(2)19-20-14(13(10)9-17)18-12-7-15(3,4)21-16(5,6)8-12/h12,21H,7-8H2,1-6H3,(H,18,20). The minimum absolute atomic E-state index is 0.0550. The highest BCUT2D eigenvalue weighted by atomic mass is 15.2. The zero-order valence-electron chi connectivity index (χ0n) is 13.8. The Labute approximate surface area is 127 Å². The van der Waals surface area contributed by atoms with Gasteiger partial charge in [-0.05, 0) is 59.9 Å². The van der Waals surface area contributed by atoms with Gasteiger partial charge >= 0.3 is 0 Å². The Morgan fingerprint density at radius 2 is 1.71 bits per heavy atom. The molecule has 0 unspecified atom stereocenters. The maximum Gasteiger partial charge on any atom is 0.167 e. The Morgan fingerprint density at radius 3 is 2.24 bits per heavy atom. The summed E-state index contributed by atoms with van der Waals surface area (Å²) in [4.78, 5) is 0. The smallest absolute Gasteiger partial charge is 0.167 e. The van der Waals surface area contributed by atoms with Gasteiger partial charge in [-0.15, -0.1) is 5.10 Å². The van der Waals surface area contributed by atoms with Crippen LogP contribution in [0.4, 0.5) is 5.82 Å². The lowest BCUT2D eigenvalue weighted by Gasteiger charge is -2.46. The van der Waals surface area contributed by atoms with Crippen LogP contribution in [0.1, 0.15) is 57.4 Å². The Morgan fingerprint density at radius 1 is 1.14 bits per heavy atom. The number of piperidine rings is 1. The Hall–Kier alpha value is -1.67. The van der Waals surface area contributed by atoms with Crippen molar-refractivity contribution in [3.05, 3.63) is 16.8 Å². The highest BCUT2D eigenvalue weighted by molar-refractivity contribution is 5.56. The predicted molar refractivity (Wildman–Crippen MR) is 84.2 cm³/mol. The van der Waals surface area contributed by atoms with Gasteiger partial charge in [-0.2, -0.15) is 10.4 Å². The van der Waals surface area contributed by atoms with Crippen LogP contribution in [0.2, 0.25) is 0 Å². The van der Waals surface area contributed by atoms with Gasteiger partial charge in [0, 0.05) is 17.1 Å². The molecule has 0 aliphatic carbocycles. The molecule has 2 N–H and O–H groups in total. The van der Waals surface area contributed by atoms with Crippen molar-refractivity contribution in [1.82, 2.24) is 15.5 Å². The van der Waals surface area contributed by atoms with E-state index < -0.39 is 0 Å². The van der Waals surface area contributed by atoms with Crippen LogP contribution in [0, 0.1) is 25.2 Å². The molecule has 2 heterocycles. The summed E-state index contributed by atoms with van der Waals surface area (Å²) in [6.45, 7) is 12.6. The molecule has 1 aliphatic rings. The van der Waals surface area contributed by atoms with Crippen molar-refractivity contribution in [2.24, 2.45) is 0 Å². The van der Waals surface area contributed by atoms with Crippen molar-refractivity contribution in [3.8, 4) is 6.07 Å². The van der Waals surface area contributed by atoms with E-state index in [0.717, 1.165) is 24.1 Å². The molecule has 2 rings (SSSR count). The minimum Gasteiger partial charge on any atom is -0.365 e. The van der Waals surface area contributed by atoms with Crippen LogP contribution < -0.4 is 10.6 Å². The third-order valence-electron chi connectivity index (χ3n) is 4.10. The molecule has 0 atom stereocenters. The molecule has 5 nitrogen and oxygen atoms in total. The van der Waals surface area contributed by atoms with Crippen LogP contribution in [0.15, 0.2) is 0 Å². The normalized spacial score (nSPS) is 20.8. The minimum atomic E-state index is 0.0550. The fraction of sp³-hybridized carbons (Fsp3) is 0.688. The number of anilines is 1. The number of hydrogen-bond donors (Lipinski definition) is 2. The second-order valence-corrected chi connectivity index (χ2v) is 7.39. The molecular weight excluding hydrogens is 262 g/mol. The van der Waals surface area contributed by atoms with E-state index in [1.165, 1.54) is 0 Å². The highest BCUT2D eigenvalue weighted by Crippen LogP contribution is 2.31. The molecule has 1 fully saturated rings. The lowest BCUT2D eigenvalue weighted by Crippen LogP contribution is -2.60. The number of nitrogens with zero attached hydrogens (tertiary/aromatic N) is 3. The van der Waals surface area contributed by atoms with Crippen molar-refractivity contribution in [3.63, 3.8) is 0 Å². The van der Waals surface area contributed by atoms with Crippen LogP contribution in [-0.4, -0.2) is 27.3 Å². The molecule has 0 spiro atoms. The molecule has 1 saturated heterocycles. The van der Waals surface area contributed by atoms with Gasteiger partial charge in [0.1, 0.15) is 11.6 Å². The molecule has 1 aliphatic heterocycles. The van der Waals surface area contributed by atoms with Crippen molar-refractivity contribution in [2.45, 2.75) is 71.5 Å². The summed E-state index contributed by atoms with van der Waals surface area (Å²) < 4.78 is 0. The van der Waals surface area contributed by atoms with Gasteiger partial charge < -0.3 is 10.6 Å². The summed E-state index contributed by atoms with van der Waals surface area (Å²) in [6, 6.07) is 2.53. The van der Waals surface area contributed by atoms with E-state index in [0.29, 0.717) is 11.4 Å². The molecule has 1 aromatic heterocycles. The first-order chi connectivity index (χ1) is 9.63. The van der Waals surface area contributed by atoms with Gasteiger partial charge in [0.25, 0.3) is 0 Å². The summed E-state index contributed by atoms with van der Waals surface area (Å²) in [5.41, 5.74) is 2.43. The maximum absolute atomic E-state index is 9.39. The predicted octanol–water partition coefficient (Wildman–Crippen LogP) is 2.69. The molecule has 0 aromatic carbocycles. The van der Waals surface area contributed by atoms with E-state index in [4.69, 9.17) is 0 Å². The zero-order chi connectivity index (χ0) is 15.8. The third-order valence-corrected chi connectivity index (χ3v) is 4.10. The Kier molecular flexibility index (Phi) is 3.94. The van der Waals surface area contributed by atoms with E-state index in [-0.39, 0.29) is 17.1 Å². The number of nitrogens with one attached hydrogen (secondary N) is 2. The lowest BCUT2D eigenvalue weighted by atomic mass is 9.79. The number of aryl methyl sites for hydroxylation is 1. The fourth-order valence-corrected chi connectivity index (χ4v) is 3.46. The lowest BCUT2D eigenvalue weighted by molar-refractivity contribution is 0.170. The van der Waals surface area contributed by atoms with Crippen molar-refractivity contribution in [1.29, 1.82) is 5.26 Å². The van der Waals surface area contributed by atoms with Gasteiger partial charge in [-0.25, -0.2) is 0 Å². The van der Waals surface area contributed by atoms with Gasteiger partial charge in [-0.1, -0.05) is 0 Å². The maximum atomic E-state index is 9.39. The quantitative estimate of drug-likeness (QED) is 0.875. The first-order valence-corrected chi connectivity index (χ1v) is 7.43. The second kappa shape index (κ2) is 5.27. The van der Waals surface area contributed by atoms with Gasteiger partial charge in [0.05, 0.1) is 5.69 Å². The summed E-state index contributed by atoms with van der Waals surface area (Å²) >= 11 is 0. The van der Waals surface area contributed by atoms with E-state index >= 15 is 0 Å². The van der Waals surface area contributed by atoms with Gasteiger partial charge in [0.15, 0.2) is 5.82 Å². The van der Waals surface area contributed by atoms with Crippen LogP contribution in [0.3, 0.4) is 0 Å². The Bertz CT molecular complexity index is 567. The monoisotopic (exact) mass is 287 g/mol. The highest BCUT2D eigenvalue weighted by Gasteiger charge is 2.38. The van der Waals surface area contributed by atoms with Crippen LogP contribution in [0.5, 0.6) is 0 Å².